The summed E-state index contributed by atoms with van der Waals surface area (Å²) < 4.78 is 6.63. The number of nitrogens with zero attached hydrogens (tertiary/aromatic N) is 1. The van der Waals surface area contributed by atoms with Gasteiger partial charge in [-0.25, -0.2) is 4.79 Å². The van der Waals surface area contributed by atoms with Gasteiger partial charge in [-0.05, 0) is 6.92 Å². The molecule has 1 fully saturated rings. The number of aliphatic hydroxyl groups excluding tert-OH is 1. The lowest BCUT2D eigenvalue weighted by molar-refractivity contribution is -0.124. The molecule has 1 amide bonds. The van der Waals surface area contributed by atoms with E-state index in [0.717, 1.165) is 0 Å². The number of aryl methyl sites for hydroxylation is 1. The second-order valence-corrected chi connectivity index (χ2v) is 4.53. The van der Waals surface area contributed by atoms with E-state index in [1.54, 1.807) is 6.92 Å². The number of aromatic amines is 1. The Labute approximate surface area is 107 Å². The van der Waals surface area contributed by atoms with Gasteiger partial charge in [0.1, 0.15) is 6.23 Å². The summed E-state index contributed by atoms with van der Waals surface area (Å²) in [5.41, 5.74) is 4.48. The highest BCUT2D eigenvalue weighted by Crippen LogP contribution is 2.32. The molecule has 1 saturated heterocycles. The molecule has 2 heterocycles. The number of aromatic nitrogens is 2. The number of carbonyl (C=O) groups is 1. The van der Waals surface area contributed by atoms with Crippen LogP contribution in [-0.2, 0) is 9.53 Å². The molecule has 1 unspecified atom stereocenters. The summed E-state index contributed by atoms with van der Waals surface area (Å²) in [6.45, 7) is 1.19. The van der Waals surface area contributed by atoms with Gasteiger partial charge in [-0.3, -0.25) is 19.1 Å². The van der Waals surface area contributed by atoms with Crippen LogP contribution in [0.15, 0.2) is 15.8 Å². The van der Waals surface area contributed by atoms with Crippen LogP contribution in [-0.4, -0.2) is 33.3 Å². The molecule has 1 aliphatic rings. The van der Waals surface area contributed by atoms with E-state index in [2.05, 4.69) is 4.98 Å². The van der Waals surface area contributed by atoms with Gasteiger partial charge in [0.2, 0.25) is 5.91 Å². The highest BCUT2D eigenvalue weighted by atomic mass is 16.5. The van der Waals surface area contributed by atoms with Crippen LogP contribution in [0.25, 0.3) is 0 Å². The number of carbonyl (C=O) groups excluding carboxylic acids is 1. The van der Waals surface area contributed by atoms with E-state index < -0.39 is 35.4 Å². The van der Waals surface area contributed by atoms with Crippen molar-refractivity contribution in [3.63, 3.8) is 0 Å². The molecule has 0 aliphatic carbocycles. The molecular formula is C11H15N3O5. The number of rotatable bonds is 3. The minimum absolute atomic E-state index is 0.186. The second-order valence-electron chi connectivity index (χ2n) is 4.53. The summed E-state index contributed by atoms with van der Waals surface area (Å²) in [7, 11) is 0. The summed E-state index contributed by atoms with van der Waals surface area (Å²) >= 11 is 0. The molecule has 1 aromatic heterocycles. The van der Waals surface area contributed by atoms with Crippen molar-refractivity contribution in [3.05, 3.63) is 32.6 Å². The maximum absolute atomic E-state index is 11.7. The molecule has 0 spiro atoms. The van der Waals surface area contributed by atoms with E-state index >= 15 is 0 Å². The molecule has 0 aromatic carbocycles. The third-order valence-electron chi connectivity index (χ3n) is 3.24. The number of primary amides is 1. The average molecular weight is 269 g/mol. The van der Waals surface area contributed by atoms with E-state index in [1.807, 2.05) is 0 Å². The lowest BCUT2D eigenvalue weighted by atomic mass is 10.0. The summed E-state index contributed by atoms with van der Waals surface area (Å²) in [6, 6.07) is 0. The minimum atomic E-state index is -0.735. The predicted molar refractivity (Wildman–Crippen MR) is 64.4 cm³/mol. The number of hydrogen-bond acceptors (Lipinski definition) is 5. The van der Waals surface area contributed by atoms with Crippen LogP contribution in [0.2, 0.25) is 0 Å². The summed E-state index contributed by atoms with van der Waals surface area (Å²) in [5.74, 6) is -1.25. The molecule has 1 aromatic rings. The minimum Gasteiger partial charge on any atom is -0.394 e. The maximum atomic E-state index is 11.7. The number of amides is 1. The van der Waals surface area contributed by atoms with Crippen LogP contribution in [0.4, 0.5) is 0 Å². The topological polar surface area (TPSA) is 127 Å². The van der Waals surface area contributed by atoms with Crippen LogP contribution < -0.4 is 17.0 Å². The number of H-pyrrole nitrogens is 1. The zero-order chi connectivity index (χ0) is 14.2. The molecule has 1 aliphatic heterocycles. The first-order valence-corrected chi connectivity index (χ1v) is 5.81. The molecule has 104 valence electrons. The van der Waals surface area contributed by atoms with Gasteiger partial charge in [0, 0.05) is 18.2 Å². The molecule has 4 N–H and O–H groups in total. The Morgan fingerprint density at radius 2 is 2.32 bits per heavy atom. The largest absolute Gasteiger partial charge is 0.394 e. The van der Waals surface area contributed by atoms with Crippen LogP contribution in [0.1, 0.15) is 18.2 Å². The van der Waals surface area contributed by atoms with Crippen molar-refractivity contribution in [2.45, 2.75) is 25.7 Å². The quantitative estimate of drug-likeness (QED) is 0.598. The molecule has 8 heteroatoms. The lowest BCUT2D eigenvalue weighted by Gasteiger charge is -2.14. The number of nitrogens with two attached hydrogens (primary N) is 1. The molecule has 8 nitrogen and oxygen atoms in total. The third kappa shape index (κ3) is 2.45. The molecule has 0 bridgehead atoms. The van der Waals surface area contributed by atoms with Crippen LogP contribution >= 0.6 is 0 Å². The monoisotopic (exact) mass is 269 g/mol. The smallest absolute Gasteiger partial charge is 0.330 e. The Hall–Kier alpha value is -1.93. The van der Waals surface area contributed by atoms with Gasteiger partial charge in [0.25, 0.3) is 5.56 Å². The van der Waals surface area contributed by atoms with Gasteiger partial charge in [-0.1, -0.05) is 0 Å². The standard InChI is InChI=1S/C11H15N3O5/c1-5-3-14(11(18)13-10(5)17)8-2-6(9(12)16)7(4-15)19-8/h3,6-8,15H,2,4H2,1H3,(H2,12,16)(H,13,17,18)/t6-,7?,8-/m1/s1. The highest BCUT2D eigenvalue weighted by molar-refractivity contribution is 5.77. The second kappa shape index (κ2) is 4.98. The molecule has 2 rings (SSSR count). The number of hydrogen-bond donors (Lipinski definition) is 3. The number of ether oxygens (including phenoxy) is 1. The fourth-order valence-corrected chi connectivity index (χ4v) is 2.17. The van der Waals surface area contributed by atoms with Gasteiger partial charge < -0.3 is 15.6 Å². The Balaban J connectivity index is 2.35. The SMILES string of the molecule is Cc1cn([C@H]2C[C@@H](C(N)=O)C(CO)O2)c(=O)[nH]c1=O. The first kappa shape index (κ1) is 13.5. The van der Waals surface area contributed by atoms with Crippen molar-refractivity contribution >= 4 is 5.91 Å². The third-order valence-corrected chi connectivity index (χ3v) is 3.24. The fourth-order valence-electron chi connectivity index (χ4n) is 2.17. The highest BCUT2D eigenvalue weighted by Gasteiger charge is 2.39. The van der Waals surface area contributed by atoms with E-state index in [9.17, 15) is 14.4 Å². The Kier molecular flexibility index (Phi) is 3.54. The molecule has 3 atom stereocenters. The summed E-state index contributed by atoms with van der Waals surface area (Å²) in [5, 5.41) is 9.14. The van der Waals surface area contributed by atoms with E-state index in [4.69, 9.17) is 15.6 Å². The predicted octanol–water partition coefficient (Wildman–Crippen LogP) is -1.77. The average Bonchev–Trinajstić information content (AvgIpc) is 2.77. The molecule has 0 saturated carbocycles. The fraction of sp³-hybridized carbons (Fsp3) is 0.545. The first-order valence-electron chi connectivity index (χ1n) is 5.81. The number of aliphatic hydroxyl groups is 1. The van der Waals surface area contributed by atoms with Crippen LogP contribution in [0, 0.1) is 12.8 Å². The van der Waals surface area contributed by atoms with Crippen molar-refractivity contribution in [2.75, 3.05) is 6.61 Å². The maximum Gasteiger partial charge on any atom is 0.330 e. The summed E-state index contributed by atoms with van der Waals surface area (Å²) in [6.07, 6.45) is 0.0922. The zero-order valence-corrected chi connectivity index (χ0v) is 10.3. The van der Waals surface area contributed by atoms with Crippen molar-refractivity contribution in [1.82, 2.24) is 9.55 Å². The normalized spacial score (nSPS) is 26.5. The van der Waals surface area contributed by atoms with E-state index in [-0.39, 0.29) is 13.0 Å². The van der Waals surface area contributed by atoms with Crippen LogP contribution in [0.3, 0.4) is 0 Å². The Morgan fingerprint density at radius 3 is 2.84 bits per heavy atom. The first-order chi connectivity index (χ1) is 8.93. The zero-order valence-electron chi connectivity index (χ0n) is 10.3. The Morgan fingerprint density at radius 1 is 1.63 bits per heavy atom. The molecular weight excluding hydrogens is 254 g/mol. The van der Waals surface area contributed by atoms with Crippen LogP contribution in [0.5, 0.6) is 0 Å². The van der Waals surface area contributed by atoms with Crippen molar-refractivity contribution in [2.24, 2.45) is 11.7 Å². The molecule has 0 radical (unpaired) electrons. The summed E-state index contributed by atoms with van der Waals surface area (Å²) in [4.78, 5) is 36.4. The van der Waals surface area contributed by atoms with Crippen molar-refractivity contribution in [3.8, 4) is 0 Å². The Bertz CT molecular complexity index is 605. The lowest BCUT2D eigenvalue weighted by Crippen LogP contribution is -2.33. The number of nitrogens with one attached hydrogen (secondary N) is 1. The molecule has 19 heavy (non-hydrogen) atoms. The van der Waals surface area contributed by atoms with Gasteiger partial charge in [0.05, 0.1) is 18.6 Å². The van der Waals surface area contributed by atoms with Crippen molar-refractivity contribution < 1.29 is 14.6 Å². The van der Waals surface area contributed by atoms with Crippen molar-refractivity contribution in [1.29, 1.82) is 0 Å². The van der Waals surface area contributed by atoms with E-state index in [1.165, 1.54) is 10.8 Å². The van der Waals surface area contributed by atoms with Gasteiger partial charge >= 0.3 is 5.69 Å². The van der Waals surface area contributed by atoms with E-state index in [0.29, 0.717) is 5.56 Å². The van der Waals surface area contributed by atoms with Gasteiger partial charge in [0.15, 0.2) is 0 Å². The van der Waals surface area contributed by atoms with Gasteiger partial charge in [-0.2, -0.15) is 0 Å². The van der Waals surface area contributed by atoms with Gasteiger partial charge in [-0.15, -0.1) is 0 Å².